The van der Waals surface area contributed by atoms with Crippen molar-refractivity contribution in [2.45, 2.75) is 32.1 Å². The third-order valence-electron chi connectivity index (χ3n) is 7.20. The number of esters is 1. The molecular formula is C28H25N3O4. The lowest BCUT2D eigenvalue weighted by Crippen LogP contribution is -2.44. The maximum Gasteiger partial charge on any atom is 0.343 e. The highest BCUT2D eigenvalue weighted by molar-refractivity contribution is 5.89. The molecule has 1 N–H and O–H groups in total. The van der Waals surface area contributed by atoms with Crippen LogP contribution in [-0.2, 0) is 28.3 Å². The molecule has 2 aromatic heterocycles. The van der Waals surface area contributed by atoms with Crippen molar-refractivity contribution in [2.24, 2.45) is 0 Å². The fraction of sp³-hybridized carbons (Fsp3) is 0.250. The molecule has 7 nitrogen and oxygen atoms in total. The zero-order chi connectivity index (χ0) is 24.5. The monoisotopic (exact) mass is 467 g/mol. The maximum atomic E-state index is 13.3. The van der Waals surface area contributed by atoms with Gasteiger partial charge in [-0.25, -0.2) is 9.78 Å². The lowest BCUT2D eigenvalue weighted by molar-refractivity contribution is -0.172. The first kappa shape index (κ1) is 21.6. The Balaban J connectivity index is 1.48. The number of ether oxygens (including phenoxy) is 1. The highest BCUT2D eigenvalue weighted by Crippen LogP contribution is 2.39. The number of aliphatic hydroxyl groups is 1. The minimum absolute atomic E-state index is 0.123. The fourth-order valence-corrected chi connectivity index (χ4v) is 5.13. The SMILES string of the molecule is CC[C@@]1(O)C(=O)OCc2c1cc1n(c2=O)Cc2cc3cc(-c4cccc(N(C)C)c4)ccc3nc2-1. The second-order valence-corrected chi connectivity index (χ2v) is 9.45. The number of rotatable bonds is 3. The molecule has 0 amide bonds. The number of aromatic nitrogens is 2. The molecule has 0 aliphatic carbocycles. The summed E-state index contributed by atoms with van der Waals surface area (Å²) in [4.78, 5) is 32.7. The lowest BCUT2D eigenvalue weighted by atomic mass is 9.86. The van der Waals surface area contributed by atoms with Gasteiger partial charge in [0.2, 0.25) is 0 Å². The van der Waals surface area contributed by atoms with E-state index in [9.17, 15) is 14.7 Å². The third kappa shape index (κ3) is 3.12. The maximum absolute atomic E-state index is 13.3. The third-order valence-corrected chi connectivity index (χ3v) is 7.20. The average molecular weight is 468 g/mol. The van der Waals surface area contributed by atoms with E-state index in [2.05, 4.69) is 41.3 Å². The highest BCUT2D eigenvalue weighted by atomic mass is 16.6. The van der Waals surface area contributed by atoms with E-state index >= 15 is 0 Å². The predicted octanol–water partition coefficient (Wildman–Crippen LogP) is 3.81. The van der Waals surface area contributed by atoms with Gasteiger partial charge < -0.3 is 19.3 Å². The summed E-state index contributed by atoms with van der Waals surface area (Å²) in [5, 5.41) is 12.0. The van der Waals surface area contributed by atoms with Gasteiger partial charge in [0.05, 0.1) is 29.0 Å². The summed E-state index contributed by atoms with van der Waals surface area (Å²) in [7, 11) is 4.04. The minimum Gasteiger partial charge on any atom is -0.458 e. The Morgan fingerprint density at radius 3 is 2.66 bits per heavy atom. The molecule has 2 aliphatic rings. The number of cyclic esters (lactones) is 1. The van der Waals surface area contributed by atoms with E-state index in [1.165, 1.54) is 0 Å². The number of carbonyl (C=O) groups is 1. The molecule has 0 saturated carbocycles. The van der Waals surface area contributed by atoms with Crippen LogP contribution in [0.2, 0.25) is 0 Å². The first-order valence-electron chi connectivity index (χ1n) is 11.7. The van der Waals surface area contributed by atoms with Crippen LogP contribution in [0.15, 0.2) is 59.4 Å². The Bertz CT molecular complexity index is 1600. The Hall–Kier alpha value is -3.97. The van der Waals surface area contributed by atoms with E-state index in [1.807, 2.05) is 26.2 Å². The van der Waals surface area contributed by atoms with Gasteiger partial charge in [-0.1, -0.05) is 25.1 Å². The summed E-state index contributed by atoms with van der Waals surface area (Å²) in [5.41, 5.74) is 5.01. The van der Waals surface area contributed by atoms with Crippen LogP contribution >= 0.6 is 0 Å². The Morgan fingerprint density at radius 2 is 1.89 bits per heavy atom. The number of benzene rings is 2. The Morgan fingerprint density at radius 1 is 1.09 bits per heavy atom. The van der Waals surface area contributed by atoms with Gasteiger partial charge in [-0.3, -0.25) is 4.79 Å². The number of pyridine rings is 2. The largest absolute Gasteiger partial charge is 0.458 e. The van der Waals surface area contributed by atoms with Crippen molar-refractivity contribution < 1.29 is 14.6 Å². The standard InChI is InChI=1S/C28H25N3O4/c1-4-28(34)22-13-24-25-19(14-31(24)26(32)21(22)15-35-27(28)33)11-18-10-17(8-9-23(18)29-25)16-6-5-7-20(12-16)30(2)3/h5-13,34H,4,14-15H2,1-3H3/t28-/m0/s1. The van der Waals surface area contributed by atoms with Gasteiger partial charge >= 0.3 is 5.97 Å². The molecule has 7 heteroatoms. The van der Waals surface area contributed by atoms with Gasteiger partial charge in [-0.2, -0.15) is 0 Å². The Kier molecular flexibility index (Phi) is 4.63. The van der Waals surface area contributed by atoms with Crippen LogP contribution in [-0.4, -0.2) is 34.7 Å². The van der Waals surface area contributed by atoms with Gasteiger partial charge in [0.15, 0.2) is 5.60 Å². The first-order valence-corrected chi connectivity index (χ1v) is 11.7. The summed E-state index contributed by atoms with van der Waals surface area (Å²) < 4.78 is 6.81. The number of nitrogens with zero attached hydrogens (tertiary/aromatic N) is 3. The van der Waals surface area contributed by atoms with E-state index in [1.54, 1.807) is 17.6 Å². The molecule has 4 aromatic rings. The van der Waals surface area contributed by atoms with Crippen LogP contribution < -0.4 is 10.5 Å². The van der Waals surface area contributed by atoms with Crippen LogP contribution in [0.3, 0.4) is 0 Å². The normalized spacial score (nSPS) is 18.1. The van der Waals surface area contributed by atoms with E-state index in [0.29, 0.717) is 29.1 Å². The second-order valence-electron chi connectivity index (χ2n) is 9.45. The number of fused-ring (bicyclic) bond motifs is 5. The number of hydrogen-bond donors (Lipinski definition) is 1. The summed E-state index contributed by atoms with van der Waals surface area (Å²) in [6.07, 6.45) is 0.123. The van der Waals surface area contributed by atoms with Crippen molar-refractivity contribution in [3.8, 4) is 22.5 Å². The van der Waals surface area contributed by atoms with Crippen molar-refractivity contribution in [3.05, 3.63) is 81.6 Å². The molecule has 0 bridgehead atoms. The molecule has 0 saturated heterocycles. The van der Waals surface area contributed by atoms with Crippen molar-refractivity contribution in [1.82, 2.24) is 9.55 Å². The van der Waals surface area contributed by atoms with Crippen molar-refractivity contribution >= 4 is 22.6 Å². The smallest absolute Gasteiger partial charge is 0.343 e. The molecule has 176 valence electrons. The topological polar surface area (TPSA) is 84.7 Å². The van der Waals surface area contributed by atoms with Crippen molar-refractivity contribution in [2.75, 3.05) is 19.0 Å². The van der Waals surface area contributed by atoms with Crippen LogP contribution in [0.1, 0.15) is 30.0 Å². The molecule has 0 spiro atoms. The van der Waals surface area contributed by atoms with E-state index < -0.39 is 11.6 Å². The van der Waals surface area contributed by atoms with Crippen LogP contribution in [0.25, 0.3) is 33.4 Å². The summed E-state index contributed by atoms with van der Waals surface area (Å²) in [5.74, 6) is -0.715. The van der Waals surface area contributed by atoms with Crippen LogP contribution in [0, 0.1) is 0 Å². The second kappa shape index (κ2) is 7.52. The van der Waals surface area contributed by atoms with Crippen molar-refractivity contribution in [3.63, 3.8) is 0 Å². The molecule has 35 heavy (non-hydrogen) atoms. The van der Waals surface area contributed by atoms with Gasteiger partial charge in [0, 0.05) is 36.3 Å². The first-order chi connectivity index (χ1) is 16.8. The van der Waals surface area contributed by atoms with Crippen molar-refractivity contribution in [1.29, 1.82) is 0 Å². The molecule has 6 rings (SSSR count). The Labute approximate surface area is 202 Å². The van der Waals surface area contributed by atoms with E-state index in [-0.39, 0.29) is 18.6 Å². The number of anilines is 1. The average Bonchev–Trinajstić information content (AvgIpc) is 3.22. The summed E-state index contributed by atoms with van der Waals surface area (Å²) in [6, 6.07) is 18.4. The summed E-state index contributed by atoms with van der Waals surface area (Å²) >= 11 is 0. The van der Waals surface area contributed by atoms with Gasteiger partial charge in [-0.05, 0) is 53.9 Å². The minimum atomic E-state index is -1.82. The molecule has 2 aliphatic heterocycles. The van der Waals surface area contributed by atoms with Crippen LogP contribution in [0.4, 0.5) is 5.69 Å². The molecule has 2 aromatic carbocycles. The van der Waals surface area contributed by atoms with Gasteiger partial charge in [0.1, 0.15) is 6.61 Å². The number of hydrogen-bond acceptors (Lipinski definition) is 6. The zero-order valence-corrected chi connectivity index (χ0v) is 19.8. The zero-order valence-electron chi connectivity index (χ0n) is 19.8. The van der Waals surface area contributed by atoms with Gasteiger partial charge in [-0.15, -0.1) is 0 Å². The predicted molar refractivity (Wildman–Crippen MR) is 134 cm³/mol. The van der Waals surface area contributed by atoms with E-state index in [4.69, 9.17) is 9.72 Å². The van der Waals surface area contributed by atoms with Crippen LogP contribution in [0.5, 0.6) is 0 Å². The fourth-order valence-electron chi connectivity index (χ4n) is 5.13. The summed E-state index contributed by atoms with van der Waals surface area (Å²) in [6.45, 7) is 1.96. The van der Waals surface area contributed by atoms with E-state index in [0.717, 1.165) is 33.3 Å². The number of carbonyl (C=O) groups excluding carboxylic acids is 1. The molecule has 0 radical (unpaired) electrons. The molecular weight excluding hydrogens is 442 g/mol. The quantitative estimate of drug-likeness (QED) is 0.406. The van der Waals surface area contributed by atoms with Gasteiger partial charge in [0.25, 0.3) is 5.56 Å². The molecule has 0 fully saturated rings. The highest BCUT2D eigenvalue weighted by Gasteiger charge is 2.45. The molecule has 0 unspecified atom stereocenters. The lowest BCUT2D eigenvalue weighted by Gasteiger charge is -2.31. The molecule has 1 atom stereocenters. The molecule has 4 heterocycles.